The van der Waals surface area contributed by atoms with Gasteiger partial charge in [-0.3, -0.25) is 0 Å². The van der Waals surface area contributed by atoms with E-state index in [1.807, 2.05) is 11.3 Å². The standard InChI is InChI=1S/C12H18N4S.ClH/c1-2-13-11-7-8-16(15-11)12-14-9-5-3-4-6-10(9)17-12;/h2-8H2,1H3,(H,13,15);1H. The van der Waals surface area contributed by atoms with Crippen LogP contribution in [-0.4, -0.2) is 23.9 Å². The summed E-state index contributed by atoms with van der Waals surface area (Å²) in [6, 6.07) is 0. The van der Waals surface area contributed by atoms with Crippen LogP contribution in [0.15, 0.2) is 5.10 Å². The topological polar surface area (TPSA) is 40.5 Å². The van der Waals surface area contributed by atoms with Crippen LogP contribution in [0, 0.1) is 0 Å². The van der Waals surface area contributed by atoms with Crippen molar-refractivity contribution in [1.82, 2.24) is 10.3 Å². The number of amidine groups is 1. The second-order valence-electron chi connectivity index (χ2n) is 4.52. The van der Waals surface area contributed by atoms with E-state index in [1.165, 1.54) is 29.8 Å². The molecule has 1 N–H and O–H groups in total. The highest BCUT2D eigenvalue weighted by molar-refractivity contribution is 7.15. The molecule has 0 amide bonds. The Bertz CT molecular complexity index is 420. The smallest absolute Gasteiger partial charge is 0.206 e. The number of aromatic nitrogens is 1. The zero-order chi connectivity index (χ0) is 11.7. The van der Waals surface area contributed by atoms with Crippen LogP contribution in [0.4, 0.5) is 5.13 Å². The molecule has 3 rings (SSSR count). The van der Waals surface area contributed by atoms with Crippen LogP contribution in [0.25, 0.3) is 0 Å². The number of thiazole rings is 1. The minimum absolute atomic E-state index is 0. The van der Waals surface area contributed by atoms with Gasteiger partial charge in [0.25, 0.3) is 0 Å². The largest absolute Gasteiger partial charge is 0.372 e. The highest BCUT2D eigenvalue weighted by Gasteiger charge is 2.22. The summed E-state index contributed by atoms with van der Waals surface area (Å²) in [5.74, 6) is 1.10. The van der Waals surface area contributed by atoms with E-state index in [0.29, 0.717) is 0 Å². The van der Waals surface area contributed by atoms with Gasteiger partial charge in [0.05, 0.1) is 12.2 Å². The fourth-order valence-electron chi connectivity index (χ4n) is 2.37. The molecular weight excluding hydrogens is 268 g/mol. The molecule has 0 aromatic carbocycles. The van der Waals surface area contributed by atoms with Gasteiger partial charge in [-0.05, 0) is 32.6 Å². The quantitative estimate of drug-likeness (QED) is 0.908. The lowest BCUT2D eigenvalue weighted by Gasteiger charge is -2.07. The molecule has 1 aromatic rings. The summed E-state index contributed by atoms with van der Waals surface area (Å²) in [4.78, 5) is 6.22. The number of halogens is 1. The number of hydrazone groups is 1. The van der Waals surface area contributed by atoms with Gasteiger partial charge < -0.3 is 5.32 Å². The Kier molecular flexibility index (Phi) is 4.45. The monoisotopic (exact) mass is 286 g/mol. The molecule has 6 heteroatoms. The van der Waals surface area contributed by atoms with Crippen LogP contribution in [0.3, 0.4) is 0 Å². The van der Waals surface area contributed by atoms with Crippen LogP contribution in [-0.2, 0) is 12.8 Å². The third kappa shape index (κ3) is 2.62. The molecular formula is C12H19ClN4S. The number of rotatable bonds is 2. The fourth-order valence-corrected chi connectivity index (χ4v) is 3.50. The lowest BCUT2D eigenvalue weighted by molar-refractivity contribution is 0.681. The number of fused-ring (bicyclic) bond motifs is 1. The van der Waals surface area contributed by atoms with Crippen molar-refractivity contribution in [3.8, 4) is 0 Å². The Morgan fingerprint density at radius 2 is 2.11 bits per heavy atom. The predicted molar refractivity (Wildman–Crippen MR) is 79.1 cm³/mol. The third-order valence-corrected chi connectivity index (χ3v) is 4.41. The first kappa shape index (κ1) is 13.6. The van der Waals surface area contributed by atoms with E-state index in [-0.39, 0.29) is 12.4 Å². The maximum Gasteiger partial charge on any atom is 0.206 e. The minimum Gasteiger partial charge on any atom is -0.372 e. The summed E-state index contributed by atoms with van der Waals surface area (Å²) in [6.07, 6.45) is 5.99. The molecule has 2 heterocycles. The molecule has 18 heavy (non-hydrogen) atoms. The fraction of sp³-hybridized carbons (Fsp3) is 0.667. The van der Waals surface area contributed by atoms with Crippen molar-refractivity contribution in [3.05, 3.63) is 10.6 Å². The zero-order valence-corrected chi connectivity index (χ0v) is 12.2. The van der Waals surface area contributed by atoms with Gasteiger partial charge in [-0.25, -0.2) is 9.99 Å². The second kappa shape index (κ2) is 5.89. The molecule has 1 aromatic heterocycles. The second-order valence-corrected chi connectivity index (χ2v) is 5.59. The summed E-state index contributed by atoms with van der Waals surface area (Å²) >= 11 is 1.83. The van der Waals surface area contributed by atoms with Gasteiger partial charge in [0.1, 0.15) is 5.84 Å². The van der Waals surface area contributed by atoms with Crippen LogP contribution in [0.2, 0.25) is 0 Å². The lowest BCUT2D eigenvalue weighted by Crippen LogP contribution is -2.20. The first-order valence-corrected chi connectivity index (χ1v) is 7.26. The van der Waals surface area contributed by atoms with E-state index in [0.717, 1.165) is 36.9 Å². The first-order chi connectivity index (χ1) is 8.36. The third-order valence-electron chi connectivity index (χ3n) is 3.24. The summed E-state index contributed by atoms with van der Waals surface area (Å²) in [5.41, 5.74) is 1.32. The molecule has 1 aliphatic carbocycles. The van der Waals surface area contributed by atoms with Gasteiger partial charge in [0.15, 0.2) is 0 Å². The summed E-state index contributed by atoms with van der Waals surface area (Å²) in [6.45, 7) is 4.02. The molecule has 100 valence electrons. The lowest BCUT2D eigenvalue weighted by atomic mass is 10.0. The number of nitrogens with one attached hydrogen (secondary N) is 1. The Morgan fingerprint density at radius 1 is 1.28 bits per heavy atom. The number of nitrogens with zero attached hydrogens (tertiary/aromatic N) is 3. The van der Waals surface area contributed by atoms with Gasteiger partial charge in [-0.1, -0.05) is 11.3 Å². The molecule has 0 spiro atoms. The first-order valence-electron chi connectivity index (χ1n) is 6.44. The summed E-state index contributed by atoms with van der Waals surface area (Å²) in [5, 5.41) is 11.0. The van der Waals surface area contributed by atoms with E-state index in [1.54, 1.807) is 0 Å². The average Bonchev–Trinajstić information content (AvgIpc) is 2.94. The zero-order valence-electron chi connectivity index (χ0n) is 10.6. The number of hydrogen-bond acceptors (Lipinski definition) is 5. The molecule has 4 nitrogen and oxygen atoms in total. The predicted octanol–water partition coefficient (Wildman–Crippen LogP) is 2.58. The molecule has 0 unspecified atom stereocenters. The highest BCUT2D eigenvalue weighted by Crippen LogP contribution is 2.32. The minimum atomic E-state index is 0. The van der Waals surface area contributed by atoms with Crippen LogP contribution >= 0.6 is 23.7 Å². The summed E-state index contributed by atoms with van der Waals surface area (Å²) < 4.78 is 0. The number of aryl methyl sites for hydroxylation is 2. The van der Waals surface area contributed by atoms with Crippen molar-refractivity contribution in [3.63, 3.8) is 0 Å². The molecule has 0 saturated heterocycles. The average molecular weight is 287 g/mol. The maximum absolute atomic E-state index is 4.74. The Hall–Kier alpha value is -0.810. The number of hydrogen-bond donors (Lipinski definition) is 1. The number of anilines is 1. The Balaban J connectivity index is 0.00000120. The van der Waals surface area contributed by atoms with Crippen molar-refractivity contribution in [1.29, 1.82) is 0 Å². The van der Waals surface area contributed by atoms with Gasteiger partial charge in [-0.2, -0.15) is 5.10 Å². The molecule has 1 aliphatic heterocycles. The van der Waals surface area contributed by atoms with Crippen molar-refractivity contribution in [2.24, 2.45) is 5.10 Å². The van der Waals surface area contributed by atoms with Crippen molar-refractivity contribution >= 4 is 34.7 Å². The van der Waals surface area contributed by atoms with E-state index in [2.05, 4.69) is 22.4 Å². The molecule has 0 atom stereocenters. The molecule has 0 fully saturated rings. The summed E-state index contributed by atoms with van der Waals surface area (Å²) in [7, 11) is 0. The van der Waals surface area contributed by atoms with E-state index in [4.69, 9.17) is 4.98 Å². The van der Waals surface area contributed by atoms with Gasteiger partial charge >= 0.3 is 0 Å². The van der Waals surface area contributed by atoms with E-state index < -0.39 is 0 Å². The molecule has 0 saturated carbocycles. The van der Waals surface area contributed by atoms with Gasteiger partial charge in [0.2, 0.25) is 5.13 Å². The van der Waals surface area contributed by atoms with Crippen molar-refractivity contribution < 1.29 is 0 Å². The van der Waals surface area contributed by atoms with Gasteiger partial charge in [-0.15, -0.1) is 12.4 Å². The van der Waals surface area contributed by atoms with Crippen LogP contribution in [0.5, 0.6) is 0 Å². The Morgan fingerprint density at radius 3 is 2.89 bits per heavy atom. The van der Waals surface area contributed by atoms with Gasteiger partial charge in [0, 0.05) is 17.8 Å². The molecule has 0 radical (unpaired) electrons. The highest BCUT2D eigenvalue weighted by atomic mass is 35.5. The van der Waals surface area contributed by atoms with Crippen LogP contribution in [0.1, 0.15) is 36.8 Å². The van der Waals surface area contributed by atoms with E-state index in [9.17, 15) is 0 Å². The molecule has 0 bridgehead atoms. The van der Waals surface area contributed by atoms with Crippen molar-refractivity contribution in [2.45, 2.75) is 39.0 Å². The Labute approximate surface area is 118 Å². The van der Waals surface area contributed by atoms with Crippen molar-refractivity contribution in [2.75, 3.05) is 18.1 Å². The maximum atomic E-state index is 4.74. The molecule has 2 aliphatic rings. The normalized spacial score (nSPS) is 18.1. The van der Waals surface area contributed by atoms with Crippen LogP contribution < -0.4 is 10.3 Å². The van der Waals surface area contributed by atoms with E-state index >= 15 is 0 Å². The SMILES string of the molecule is CCNC1=NN(c2nc3c(s2)CCCC3)CC1.Cl.